The van der Waals surface area contributed by atoms with Gasteiger partial charge in [0.2, 0.25) is 0 Å². The molecule has 0 aromatic rings. The molecule has 0 amide bonds. The summed E-state index contributed by atoms with van der Waals surface area (Å²) in [7, 11) is 1.28. The molecule has 1 aliphatic heterocycles. The summed E-state index contributed by atoms with van der Waals surface area (Å²) in [5, 5.41) is 10.8. The summed E-state index contributed by atoms with van der Waals surface area (Å²) in [5.74, 6) is -0.493. The van der Waals surface area contributed by atoms with Gasteiger partial charge < -0.3 is 9.94 Å². The first kappa shape index (κ1) is 7.05. The molecule has 0 aromatic carbocycles. The highest BCUT2D eigenvalue weighted by Crippen LogP contribution is 2.03. The van der Waals surface area contributed by atoms with Crippen molar-refractivity contribution in [2.45, 2.75) is 12.8 Å². The van der Waals surface area contributed by atoms with Gasteiger partial charge in [0.05, 0.1) is 7.11 Å². The Morgan fingerprint density at radius 1 is 1.80 bits per heavy atom. The van der Waals surface area contributed by atoms with Gasteiger partial charge in [-0.15, -0.1) is 0 Å². The maximum atomic E-state index is 10.8. The smallest absolute Gasteiger partial charge is 0.399 e. The van der Waals surface area contributed by atoms with Gasteiger partial charge in [-0.25, -0.2) is 9.53 Å². The number of hydrogen-bond donors (Lipinski definition) is 0. The zero-order valence-corrected chi connectivity index (χ0v) is 5.79. The van der Waals surface area contributed by atoms with Crippen LogP contribution in [0.25, 0.3) is 0 Å². The van der Waals surface area contributed by atoms with E-state index in [1.807, 2.05) is 0 Å². The van der Waals surface area contributed by atoms with Crippen LogP contribution in [0, 0.1) is 5.21 Å². The summed E-state index contributed by atoms with van der Waals surface area (Å²) >= 11 is 0. The number of hydroxylamine groups is 1. The van der Waals surface area contributed by atoms with Gasteiger partial charge in [0.25, 0.3) is 5.71 Å². The zero-order valence-electron chi connectivity index (χ0n) is 5.79. The lowest BCUT2D eigenvalue weighted by Gasteiger charge is -1.98. The fraction of sp³-hybridized carbons (Fsp3) is 0.667. The molecule has 4 nitrogen and oxygen atoms in total. The molecule has 0 saturated carbocycles. The van der Waals surface area contributed by atoms with Crippen LogP contribution < -0.4 is 0 Å². The Bertz CT molecular complexity index is 185. The standard InChI is InChI=1S/C6H9NO3/c1-10-6(8)5-3-2-4-7(5)9/h2-4H2,1H3. The minimum absolute atomic E-state index is 0.252. The molecular weight excluding hydrogens is 134 g/mol. The van der Waals surface area contributed by atoms with E-state index < -0.39 is 5.97 Å². The van der Waals surface area contributed by atoms with Crippen molar-refractivity contribution < 1.29 is 14.3 Å². The number of nitrogens with zero attached hydrogens (tertiary/aromatic N) is 1. The molecule has 0 spiro atoms. The van der Waals surface area contributed by atoms with Crippen LogP contribution in [0.2, 0.25) is 0 Å². The lowest BCUT2D eigenvalue weighted by atomic mass is 10.2. The quantitative estimate of drug-likeness (QED) is 0.292. The third-order valence-corrected chi connectivity index (χ3v) is 1.50. The molecule has 0 unspecified atom stereocenters. The molecule has 0 N–H and O–H groups in total. The Labute approximate surface area is 58.7 Å². The molecule has 0 aliphatic carbocycles. The molecule has 4 heteroatoms. The van der Waals surface area contributed by atoms with Gasteiger partial charge in [0, 0.05) is 12.8 Å². The van der Waals surface area contributed by atoms with E-state index in [1.54, 1.807) is 0 Å². The monoisotopic (exact) mass is 143 g/mol. The number of carbonyl (C=O) groups excluding carboxylic acids is 1. The average Bonchev–Trinajstić information content (AvgIpc) is 2.34. The van der Waals surface area contributed by atoms with Gasteiger partial charge in [-0.2, -0.15) is 0 Å². The largest absolute Gasteiger partial charge is 0.623 e. The van der Waals surface area contributed by atoms with Crippen molar-refractivity contribution in [1.82, 2.24) is 0 Å². The van der Waals surface area contributed by atoms with Crippen molar-refractivity contribution in [3.63, 3.8) is 0 Å². The molecule has 1 aliphatic rings. The molecule has 56 valence electrons. The second-order valence-electron chi connectivity index (χ2n) is 2.14. The minimum atomic E-state index is -0.493. The summed E-state index contributed by atoms with van der Waals surface area (Å²) in [4.78, 5) is 10.7. The van der Waals surface area contributed by atoms with E-state index >= 15 is 0 Å². The second-order valence-corrected chi connectivity index (χ2v) is 2.14. The number of hydrogen-bond acceptors (Lipinski definition) is 3. The highest BCUT2D eigenvalue weighted by molar-refractivity contribution is 6.34. The topological polar surface area (TPSA) is 52.4 Å². The molecule has 0 radical (unpaired) electrons. The molecule has 0 bridgehead atoms. The van der Waals surface area contributed by atoms with Crippen molar-refractivity contribution >= 4 is 11.7 Å². The van der Waals surface area contributed by atoms with Crippen molar-refractivity contribution in [3.05, 3.63) is 5.21 Å². The maximum absolute atomic E-state index is 10.8. The van der Waals surface area contributed by atoms with Gasteiger partial charge in [-0.1, -0.05) is 0 Å². The fourth-order valence-corrected chi connectivity index (χ4v) is 0.971. The van der Waals surface area contributed by atoms with E-state index in [-0.39, 0.29) is 5.71 Å². The van der Waals surface area contributed by atoms with Crippen molar-refractivity contribution in [1.29, 1.82) is 0 Å². The summed E-state index contributed by atoms with van der Waals surface area (Å²) in [5.41, 5.74) is 0.252. The molecule has 1 heterocycles. The lowest BCUT2D eigenvalue weighted by molar-refractivity contribution is -0.448. The number of ether oxygens (including phenoxy) is 1. The molecule has 1 rings (SSSR count). The first-order valence-corrected chi connectivity index (χ1v) is 3.14. The number of carbonyl (C=O) groups is 1. The van der Waals surface area contributed by atoms with Crippen LogP contribution in [0.5, 0.6) is 0 Å². The highest BCUT2D eigenvalue weighted by atomic mass is 16.5. The Kier molecular flexibility index (Phi) is 1.89. The predicted molar refractivity (Wildman–Crippen MR) is 34.8 cm³/mol. The van der Waals surface area contributed by atoms with Crippen LogP contribution in [0.4, 0.5) is 0 Å². The van der Waals surface area contributed by atoms with Gasteiger partial charge in [0.15, 0.2) is 6.54 Å². The number of methoxy groups -OCH3 is 1. The van der Waals surface area contributed by atoms with E-state index in [2.05, 4.69) is 4.74 Å². The van der Waals surface area contributed by atoms with Gasteiger partial charge >= 0.3 is 5.97 Å². The van der Waals surface area contributed by atoms with Crippen LogP contribution in [-0.2, 0) is 9.53 Å². The Morgan fingerprint density at radius 3 is 2.90 bits per heavy atom. The highest BCUT2D eigenvalue weighted by Gasteiger charge is 2.25. The lowest BCUT2D eigenvalue weighted by Crippen LogP contribution is -2.20. The Hall–Kier alpha value is -1.06. The SMILES string of the molecule is COC(=O)C1=[N+]([O-])CCC1. The van der Waals surface area contributed by atoms with E-state index in [9.17, 15) is 10.0 Å². The van der Waals surface area contributed by atoms with Crippen LogP contribution in [-0.4, -0.2) is 30.1 Å². The fourth-order valence-electron chi connectivity index (χ4n) is 0.971. The van der Waals surface area contributed by atoms with Crippen LogP contribution in [0.15, 0.2) is 0 Å². The van der Waals surface area contributed by atoms with Gasteiger partial charge in [-0.3, -0.25) is 0 Å². The van der Waals surface area contributed by atoms with Crippen molar-refractivity contribution in [2.75, 3.05) is 13.7 Å². The second kappa shape index (κ2) is 2.68. The maximum Gasteiger partial charge on any atom is 0.399 e. The Balaban J connectivity index is 2.71. The molecular formula is C6H9NO3. The third-order valence-electron chi connectivity index (χ3n) is 1.50. The first-order valence-electron chi connectivity index (χ1n) is 3.14. The summed E-state index contributed by atoms with van der Waals surface area (Å²) < 4.78 is 5.09. The third kappa shape index (κ3) is 1.10. The van der Waals surface area contributed by atoms with Gasteiger partial charge in [-0.05, 0) is 0 Å². The van der Waals surface area contributed by atoms with Crippen LogP contribution >= 0.6 is 0 Å². The first-order chi connectivity index (χ1) is 4.75. The van der Waals surface area contributed by atoms with E-state index in [1.165, 1.54) is 7.11 Å². The van der Waals surface area contributed by atoms with E-state index in [0.29, 0.717) is 17.7 Å². The summed E-state index contributed by atoms with van der Waals surface area (Å²) in [6.45, 7) is 0.421. The van der Waals surface area contributed by atoms with Gasteiger partial charge in [0.1, 0.15) is 0 Å². The van der Waals surface area contributed by atoms with Crippen molar-refractivity contribution in [3.8, 4) is 0 Å². The van der Waals surface area contributed by atoms with Crippen molar-refractivity contribution in [2.24, 2.45) is 0 Å². The number of rotatable bonds is 1. The van der Waals surface area contributed by atoms with Crippen LogP contribution in [0.1, 0.15) is 12.8 Å². The molecule has 0 fully saturated rings. The summed E-state index contributed by atoms with van der Waals surface area (Å²) in [6, 6.07) is 0. The van der Waals surface area contributed by atoms with E-state index in [4.69, 9.17) is 0 Å². The molecule has 0 saturated heterocycles. The van der Waals surface area contributed by atoms with Crippen LogP contribution in [0.3, 0.4) is 0 Å². The summed E-state index contributed by atoms with van der Waals surface area (Å²) in [6.07, 6.45) is 1.31. The molecule has 0 aromatic heterocycles. The normalized spacial score (nSPS) is 17.7. The number of esters is 1. The molecule has 10 heavy (non-hydrogen) atoms. The predicted octanol–water partition coefficient (Wildman–Crippen LogP) is -0.0955. The zero-order chi connectivity index (χ0) is 7.56. The Morgan fingerprint density at radius 2 is 2.50 bits per heavy atom. The molecule has 0 atom stereocenters. The van der Waals surface area contributed by atoms with E-state index in [0.717, 1.165) is 6.42 Å². The average molecular weight is 143 g/mol. The minimum Gasteiger partial charge on any atom is -0.623 e.